The van der Waals surface area contributed by atoms with E-state index in [0.29, 0.717) is 0 Å². The number of carbonyl (C=O) groups is 1. The van der Waals surface area contributed by atoms with Crippen LogP contribution in [0.4, 0.5) is 0 Å². The summed E-state index contributed by atoms with van der Waals surface area (Å²) in [7, 11) is 1.68. The maximum Gasteiger partial charge on any atom is 0.225 e. The fraction of sp³-hybridized carbons (Fsp3) is 0.500. The van der Waals surface area contributed by atoms with E-state index in [0.717, 1.165) is 6.42 Å². The molecule has 0 saturated heterocycles. The van der Waals surface area contributed by atoms with Gasteiger partial charge in [0.2, 0.25) is 5.91 Å². The number of hydrogen-bond acceptors (Lipinski definition) is 2. The Bertz CT molecular complexity index is 277. The molecule has 0 bridgehead atoms. The van der Waals surface area contributed by atoms with Crippen molar-refractivity contribution in [1.82, 2.24) is 5.32 Å². The molecule has 1 aromatic rings. The molecule has 0 saturated carbocycles. The third-order valence-electron chi connectivity index (χ3n) is 2.04. The summed E-state index contributed by atoms with van der Waals surface area (Å²) < 4.78 is 0. The zero-order valence-electron chi connectivity index (χ0n) is 8.26. The maximum absolute atomic E-state index is 11.5. The standard InChI is InChI=1S/C10H15NOS/c1-10(2,9(12)11-3)7-8-5-4-6-13-8/h4-6H,7H2,1-3H3,(H,11,12). The minimum Gasteiger partial charge on any atom is -0.359 e. The van der Waals surface area contributed by atoms with E-state index >= 15 is 0 Å². The lowest BCUT2D eigenvalue weighted by molar-refractivity contribution is -0.128. The van der Waals surface area contributed by atoms with Gasteiger partial charge in [0.05, 0.1) is 0 Å². The van der Waals surface area contributed by atoms with E-state index in [4.69, 9.17) is 0 Å². The molecule has 3 heteroatoms. The quantitative estimate of drug-likeness (QED) is 0.789. The molecule has 1 aromatic heterocycles. The largest absolute Gasteiger partial charge is 0.359 e. The second-order valence-corrected chi connectivity index (χ2v) is 4.75. The Morgan fingerprint density at radius 3 is 2.77 bits per heavy atom. The molecule has 1 amide bonds. The summed E-state index contributed by atoms with van der Waals surface area (Å²) in [5.41, 5.74) is -0.306. The first-order valence-corrected chi connectivity index (χ1v) is 5.19. The Labute approximate surface area is 83.0 Å². The number of carbonyl (C=O) groups excluding carboxylic acids is 1. The second kappa shape index (κ2) is 3.92. The van der Waals surface area contributed by atoms with Crippen LogP contribution in [0.5, 0.6) is 0 Å². The highest BCUT2D eigenvalue weighted by Crippen LogP contribution is 2.24. The Balaban J connectivity index is 2.67. The molecule has 0 aliphatic heterocycles. The van der Waals surface area contributed by atoms with Crippen LogP contribution in [0.15, 0.2) is 17.5 Å². The van der Waals surface area contributed by atoms with Crippen LogP contribution < -0.4 is 5.32 Å². The molecule has 0 radical (unpaired) electrons. The van der Waals surface area contributed by atoms with Gasteiger partial charge in [-0.2, -0.15) is 0 Å². The van der Waals surface area contributed by atoms with Gasteiger partial charge in [0.25, 0.3) is 0 Å². The van der Waals surface area contributed by atoms with Crippen LogP contribution in [0, 0.1) is 5.41 Å². The van der Waals surface area contributed by atoms with E-state index in [9.17, 15) is 4.79 Å². The van der Waals surface area contributed by atoms with Crippen LogP contribution in [0.25, 0.3) is 0 Å². The highest BCUT2D eigenvalue weighted by Gasteiger charge is 2.26. The lowest BCUT2D eigenvalue weighted by atomic mass is 9.88. The lowest BCUT2D eigenvalue weighted by Crippen LogP contribution is -2.35. The SMILES string of the molecule is CNC(=O)C(C)(C)Cc1cccs1. The Morgan fingerprint density at radius 2 is 2.31 bits per heavy atom. The number of thiophene rings is 1. The van der Waals surface area contributed by atoms with E-state index in [1.807, 2.05) is 25.3 Å². The van der Waals surface area contributed by atoms with E-state index in [2.05, 4.69) is 11.4 Å². The molecule has 13 heavy (non-hydrogen) atoms. The second-order valence-electron chi connectivity index (χ2n) is 3.72. The fourth-order valence-electron chi connectivity index (χ4n) is 1.27. The van der Waals surface area contributed by atoms with Crippen molar-refractivity contribution in [2.24, 2.45) is 5.41 Å². The molecule has 2 nitrogen and oxygen atoms in total. The van der Waals surface area contributed by atoms with Crippen molar-refractivity contribution >= 4 is 17.2 Å². The van der Waals surface area contributed by atoms with Crippen molar-refractivity contribution < 1.29 is 4.79 Å². The van der Waals surface area contributed by atoms with E-state index < -0.39 is 0 Å². The van der Waals surface area contributed by atoms with Crippen LogP contribution in [-0.4, -0.2) is 13.0 Å². The van der Waals surface area contributed by atoms with Crippen molar-refractivity contribution in [3.63, 3.8) is 0 Å². The smallest absolute Gasteiger partial charge is 0.225 e. The number of nitrogens with one attached hydrogen (secondary N) is 1. The van der Waals surface area contributed by atoms with Crippen LogP contribution >= 0.6 is 11.3 Å². The third-order valence-corrected chi connectivity index (χ3v) is 2.91. The van der Waals surface area contributed by atoms with Crippen LogP contribution in [0.2, 0.25) is 0 Å². The van der Waals surface area contributed by atoms with E-state index in [-0.39, 0.29) is 11.3 Å². The van der Waals surface area contributed by atoms with Gasteiger partial charge in [0.15, 0.2) is 0 Å². The zero-order chi connectivity index (χ0) is 9.90. The molecule has 0 atom stereocenters. The molecule has 0 aliphatic rings. The molecule has 0 spiro atoms. The normalized spacial score (nSPS) is 11.3. The number of amides is 1. The van der Waals surface area contributed by atoms with Gasteiger partial charge in [-0.3, -0.25) is 4.79 Å². The Morgan fingerprint density at radius 1 is 1.62 bits per heavy atom. The molecular formula is C10H15NOS. The van der Waals surface area contributed by atoms with E-state index in [1.54, 1.807) is 18.4 Å². The van der Waals surface area contributed by atoms with Crippen molar-refractivity contribution in [3.05, 3.63) is 22.4 Å². The first kappa shape index (κ1) is 10.3. The van der Waals surface area contributed by atoms with Gasteiger partial charge in [-0.05, 0) is 17.9 Å². The first-order valence-electron chi connectivity index (χ1n) is 4.31. The number of hydrogen-bond donors (Lipinski definition) is 1. The third kappa shape index (κ3) is 2.56. The van der Waals surface area contributed by atoms with Gasteiger partial charge in [0, 0.05) is 17.3 Å². The zero-order valence-corrected chi connectivity index (χ0v) is 9.07. The number of rotatable bonds is 3. The van der Waals surface area contributed by atoms with Gasteiger partial charge in [-0.15, -0.1) is 11.3 Å². The molecule has 72 valence electrons. The summed E-state index contributed by atoms with van der Waals surface area (Å²) >= 11 is 1.70. The van der Waals surface area contributed by atoms with Gasteiger partial charge in [0.1, 0.15) is 0 Å². The van der Waals surface area contributed by atoms with Crippen molar-refractivity contribution in [2.75, 3.05) is 7.05 Å². The summed E-state index contributed by atoms with van der Waals surface area (Å²) in [6, 6.07) is 4.08. The molecule has 1 N–H and O–H groups in total. The Hall–Kier alpha value is -0.830. The minimum atomic E-state index is -0.306. The van der Waals surface area contributed by atoms with Crippen molar-refractivity contribution in [3.8, 4) is 0 Å². The van der Waals surface area contributed by atoms with Gasteiger partial charge < -0.3 is 5.32 Å². The average Bonchev–Trinajstić information content (AvgIpc) is 2.54. The summed E-state index contributed by atoms with van der Waals surface area (Å²) in [5.74, 6) is 0.0981. The lowest BCUT2D eigenvalue weighted by Gasteiger charge is -2.21. The minimum absolute atomic E-state index is 0.0981. The van der Waals surface area contributed by atoms with Crippen molar-refractivity contribution in [2.45, 2.75) is 20.3 Å². The van der Waals surface area contributed by atoms with Crippen LogP contribution in [0.1, 0.15) is 18.7 Å². The topological polar surface area (TPSA) is 29.1 Å². The predicted octanol–water partition coefficient (Wildman–Crippen LogP) is 2.06. The molecule has 0 aliphatic carbocycles. The maximum atomic E-state index is 11.5. The average molecular weight is 197 g/mol. The molecule has 0 unspecified atom stereocenters. The van der Waals surface area contributed by atoms with Crippen LogP contribution in [-0.2, 0) is 11.2 Å². The van der Waals surface area contributed by atoms with Gasteiger partial charge >= 0.3 is 0 Å². The summed E-state index contributed by atoms with van der Waals surface area (Å²) in [4.78, 5) is 12.7. The summed E-state index contributed by atoms with van der Waals surface area (Å²) in [6.45, 7) is 3.93. The highest BCUT2D eigenvalue weighted by molar-refractivity contribution is 7.09. The van der Waals surface area contributed by atoms with Gasteiger partial charge in [-0.1, -0.05) is 19.9 Å². The monoisotopic (exact) mass is 197 g/mol. The molecule has 1 heterocycles. The molecule has 0 aromatic carbocycles. The van der Waals surface area contributed by atoms with E-state index in [1.165, 1.54) is 4.88 Å². The molecule has 0 fully saturated rings. The first-order chi connectivity index (χ1) is 6.06. The Kier molecular flexibility index (Phi) is 3.09. The van der Waals surface area contributed by atoms with Gasteiger partial charge in [-0.25, -0.2) is 0 Å². The van der Waals surface area contributed by atoms with Crippen LogP contribution in [0.3, 0.4) is 0 Å². The fourth-order valence-corrected chi connectivity index (χ4v) is 2.20. The molecular weight excluding hydrogens is 182 g/mol. The highest BCUT2D eigenvalue weighted by atomic mass is 32.1. The predicted molar refractivity (Wildman–Crippen MR) is 55.9 cm³/mol. The summed E-state index contributed by atoms with van der Waals surface area (Å²) in [5, 5.41) is 4.72. The molecule has 1 rings (SSSR count). The van der Waals surface area contributed by atoms with Crippen molar-refractivity contribution in [1.29, 1.82) is 0 Å². The summed E-state index contributed by atoms with van der Waals surface area (Å²) in [6.07, 6.45) is 0.810.